The van der Waals surface area contributed by atoms with Crippen molar-refractivity contribution in [2.24, 2.45) is 0 Å². The number of aryl methyl sites for hydroxylation is 1. The first-order chi connectivity index (χ1) is 25.3. The molecule has 0 saturated carbocycles. The van der Waals surface area contributed by atoms with E-state index in [0.29, 0.717) is 17.5 Å². The number of para-hydroxylation sites is 1. The first-order valence-corrected chi connectivity index (χ1v) is 17.4. The number of furan rings is 1. The van der Waals surface area contributed by atoms with Crippen LogP contribution in [0.3, 0.4) is 0 Å². The van der Waals surface area contributed by atoms with Gasteiger partial charge in [0.15, 0.2) is 17.5 Å². The fourth-order valence-corrected chi connectivity index (χ4v) is 7.54. The zero-order chi connectivity index (χ0) is 33.7. The summed E-state index contributed by atoms with van der Waals surface area (Å²) in [6, 6.07) is 52.9. The maximum atomic E-state index is 6.78. The summed E-state index contributed by atoms with van der Waals surface area (Å²) < 4.78 is 6.78. The van der Waals surface area contributed by atoms with E-state index in [9.17, 15) is 0 Å². The summed E-state index contributed by atoms with van der Waals surface area (Å²) in [6.45, 7) is 0. The monoisotopic (exact) mass is 653 g/mol. The summed E-state index contributed by atoms with van der Waals surface area (Å²) in [6.07, 6.45) is 6.56. The van der Waals surface area contributed by atoms with Crippen LogP contribution in [0.15, 0.2) is 162 Å². The molecule has 2 heterocycles. The molecule has 0 saturated heterocycles. The predicted molar refractivity (Wildman–Crippen MR) is 209 cm³/mol. The quantitative estimate of drug-likeness (QED) is 0.185. The average molecular weight is 654 g/mol. The third kappa shape index (κ3) is 5.03. The van der Waals surface area contributed by atoms with Gasteiger partial charge >= 0.3 is 0 Å². The molecule has 4 heteroatoms. The van der Waals surface area contributed by atoms with Crippen LogP contribution in [0.4, 0.5) is 0 Å². The van der Waals surface area contributed by atoms with Crippen LogP contribution < -0.4 is 0 Å². The zero-order valence-corrected chi connectivity index (χ0v) is 27.8. The van der Waals surface area contributed by atoms with Crippen molar-refractivity contribution in [1.82, 2.24) is 15.0 Å². The van der Waals surface area contributed by atoms with Crippen LogP contribution in [0.2, 0.25) is 0 Å². The Morgan fingerprint density at radius 2 is 1.06 bits per heavy atom. The van der Waals surface area contributed by atoms with Crippen molar-refractivity contribution in [3.8, 4) is 56.4 Å². The minimum atomic E-state index is 0.611. The number of aromatic nitrogens is 3. The topological polar surface area (TPSA) is 51.8 Å². The van der Waals surface area contributed by atoms with Gasteiger partial charge in [0.05, 0.1) is 0 Å². The summed E-state index contributed by atoms with van der Waals surface area (Å²) in [5.41, 5.74) is 11.6. The predicted octanol–water partition coefficient (Wildman–Crippen LogP) is 12.2. The van der Waals surface area contributed by atoms with Crippen LogP contribution in [0.5, 0.6) is 0 Å². The molecule has 9 aromatic rings. The van der Waals surface area contributed by atoms with E-state index in [-0.39, 0.29) is 0 Å². The van der Waals surface area contributed by atoms with Crippen LogP contribution >= 0.6 is 0 Å². The number of allylic oxidation sites excluding steroid dienone is 1. The molecule has 10 rings (SSSR count). The molecule has 7 aromatic carbocycles. The van der Waals surface area contributed by atoms with Crippen molar-refractivity contribution >= 4 is 38.8 Å². The Bertz CT molecular complexity index is 2800. The molecule has 0 radical (unpaired) electrons. The number of fused-ring (bicyclic) bond motifs is 5. The van der Waals surface area contributed by atoms with Gasteiger partial charge in [-0.05, 0) is 75.7 Å². The molecule has 0 atom stereocenters. The van der Waals surface area contributed by atoms with Crippen molar-refractivity contribution in [2.45, 2.75) is 12.8 Å². The van der Waals surface area contributed by atoms with E-state index < -0.39 is 0 Å². The molecule has 0 N–H and O–H groups in total. The van der Waals surface area contributed by atoms with Gasteiger partial charge in [-0.15, -0.1) is 0 Å². The average Bonchev–Trinajstić information content (AvgIpc) is 3.60. The van der Waals surface area contributed by atoms with Crippen LogP contribution in [-0.2, 0) is 6.42 Å². The normalized spacial score (nSPS) is 12.5. The van der Waals surface area contributed by atoms with Gasteiger partial charge in [0.1, 0.15) is 11.2 Å². The first kappa shape index (κ1) is 29.3. The highest BCUT2D eigenvalue weighted by atomic mass is 16.3. The molecule has 0 fully saturated rings. The lowest BCUT2D eigenvalue weighted by Crippen LogP contribution is -2.01. The molecule has 0 bridgehead atoms. The van der Waals surface area contributed by atoms with Crippen LogP contribution in [-0.4, -0.2) is 15.0 Å². The van der Waals surface area contributed by atoms with Gasteiger partial charge in [-0.3, -0.25) is 0 Å². The van der Waals surface area contributed by atoms with Crippen LogP contribution in [0.25, 0.3) is 95.2 Å². The summed E-state index contributed by atoms with van der Waals surface area (Å²) in [7, 11) is 0. The van der Waals surface area contributed by atoms with Crippen molar-refractivity contribution < 1.29 is 4.42 Å². The van der Waals surface area contributed by atoms with Gasteiger partial charge in [-0.2, -0.15) is 0 Å². The SMILES string of the molecule is C1=Cc2cc(-c3nc(-c4ccccc4)nc(-c4ccc(-c5ccc(-c6ccccc6)c6ccccc56)c5oc6ccccc6c45)n3)ccc2CC1. The number of rotatable bonds is 5. The standard InChI is InChI=1S/C47H31N3O/c1-3-14-31(15-4-1)35-25-26-38(37-20-10-9-19-36(35)37)39-27-28-41(43-40-21-11-12-22-42(40)51-44(39)43)47-49-45(32-16-5-2-6-17-32)48-46(50-47)34-24-23-30-13-7-8-18-33(30)29-34/h1-6,8-12,14-29H,7,13H2. The Hall–Kier alpha value is -6.65. The maximum Gasteiger partial charge on any atom is 0.164 e. The summed E-state index contributed by atoms with van der Waals surface area (Å²) in [4.78, 5) is 15.4. The van der Waals surface area contributed by atoms with Gasteiger partial charge in [-0.1, -0.05) is 140 Å². The highest BCUT2D eigenvalue weighted by Gasteiger charge is 2.22. The Morgan fingerprint density at radius 1 is 0.451 bits per heavy atom. The molecule has 0 unspecified atom stereocenters. The van der Waals surface area contributed by atoms with E-state index in [0.717, 1.165) is 62.6 Å². The molecule has 240 valence electrons. The molecular weight excluding hydrogens is 623 g/mol. The summed E-state index contributed by atoms with van der Waals surface area (Å²) in [5, 5.41) is 4.38. The van der Waals surface area contributed by atoms with E-state index in [1.807, 2.05) is 30.3 Å². The van der Waals surface area contributed by atoms with E-state index in [1.165, 1.54) is 33.0 Å². The minimum Gasteiger partial charge on any atom is -0.455 e. The second-order valence-corrected chi connectivity index (χ2v) is 13.1. The van der Waals surface area contributed by atoms with Crippen molar-refractivity contribution in [1.29, 1.82) is 0 Å². The van der Waals surface area contributed by atoms with Crippen molar-refractivity contribution in [2.75, 3.05) is 0 Å². The molecule has 2 aromatic heterocycles. The second-order valence-electron chi connectivity index (χ2n) is 13.1. The smallest absolute Gasteiger partial charge is 0.164 e. The Kier molecular flexibility index (Phi) is 6.91. The Balaban J connectivity index is 1.22. The minimum absolute atomic E-state index is 0.611. The number of benzene rings is 7. The molecular formula is C47H31N3O. The third-order valence-electron chi connectivity index (χ3n) is 10.0. The third-order valence-corrected chi connectivity index (χ3v) is 10.0. The van der Waals surface area contributed by atoms with Crippen LogP contribution in [0.1, 0.15) is 17.5 Å². The molecule has 51 heavy (non-hydrogen) atoms. The van der Waals surface area contributed by atoms with Gasteiger partial charge in [0.2, 0.25) is 0 Å². The lowest BCUT2D eigenvalue weighted by Gasteiger charge is -2.14. The van der Waals surface area contributed by atoms with E-state index in [1.54, 1.807) is 0 Å². The molecule has 0 amide bonds. The molecule has 4 nitrogen and oxygen atoms in total. The Morgan fingerprint density at radius 3 is 1.86 bits per heavy atom. The summed E-state index contributed by atoms with van der Waals surface area (Å²) in [5.74, 6) is 1.89. The molecule has 0 spiro atoms. The highest BCUT2D eigenvalue weighted by Crippen LogP contribution is 2.44. The molecule has 0 aliphatic heterocycles. The fraction of sp³-hybridized carbons (Fsp3) is 0.0426. The van der Waals surface area contributed by atoms with E-state index in [2.05, 4.69) is 133 Å². The zero-order valence-electron chi connectivity index (χ0n) is 27.8. The largest absolute Gasteiger partial charge is 0.455 e. The van der Waals surface area contributed by atoms with Gasteiger partial charge in [-0.25, -0.2) is 15.0 Å². The summed E-state index contributed by atoms with van der Waals surface area (Å²) >= 11 is 0. The number of nitrogens with zero attached hydrogens (tertiary/aromatic N) is 3. The van der Waals surface area contributed by atoms with Gasteiger partial charge < -0.3 is 4.42 Å². The second kappa shape index (κ2) is 12.0. The fourth-order valence-electron chi connectivity index (χ4n) is 7.54. The van der Waals surface area contributed by atoms with Gasteiger partial charge in [0.25, 0.3) is 0 Å². The first-order valence-electron chi connectivity index (χ1n) is 17.4. The van der Waals surface area contributed by atoms with Crippen molar-refractivity contribution in [3.05, 3.63) is 169 Å². The molecule has 1 aliphatic rings. The Labute approximate surface area is 295 Å². The maximum absolute atomic E-state index is 6.78. The number of hydrogen-bond acceptors (Lipinski definition) is 4. The van der Waals surface area contributed by atoms with E-state index >= 15 is 0 Å². The molecule has 1 aliphatic carbocycles. The lowest BCUT2D eigenvalue weighted by atomic mass is 9.90. The highest BCUT2D eigenvalue weighted by molar-refractivity contribution is 6.18. The lowest BCUT2D eigenvalue weighted by molar-refractivity contribution is 0.670. The number of hydrogen-bond donors (Lipinski definition) is 0. The van der Waals surface area contributed by atoms with Gasteiger partial charge in [0, 0.05) is 33.0 Å². The van der Waals surface area contributed by atoms with E-state index in [4.69, 9.17) is 19.4 Å². The van der Waals surface area contributed by atoms with Crippen molar-refractivity contribution in [3.63, 3.8) is 0 Å². The van der Waals surface area contributed by atoms with Crippen LogP contribution in [0, 0.1) is 0 Å².